The molecule has 0 bridgehead atoms. The van der Waals surface area contributed by atoms with Gasteiger partial charge in [0.25, 0.3) is 0 Å². The summed E-state index contributed by atoms with van der Waals surface area (Å²) < 4.78 is 26.4. The highest BCUT2D eigenvalue weighted by molar-refractivity contribution is 7.89. The molecule has 0 atom stereocenters. The van der Waals surface area contributed by atoms with Crippen LogP contribution in [0.4, 0.5) is 0 Å². The second kappa shape index (κ2) is 5.51. The van der Waals surface area contributed by atoms with Crippen molar-refractivity contribution in [2.75, 3.05) is 0 Å². The first-order valence-electron chi connectivity index (χ1n) is 5.23. The van der Waals surface area contributed by atoms with Gasteiger partial charge in [-0.05, 0) is 18.2 Å². The lowest BCUT2D eigenvalue weighted by molar-refractivity contribution is 0.579. The summed E-state index contributed by atoms with van der Waals surface area (Å²) in [5.41, 5.74) is 0.388. The molecule has 0 aromatic carbocycles. The number of sulfonamides is 1. The summed E-state index contributed by atoms with van der Waals surface area (Å²) in [5.74, 6) is 0. The van der Waals surface area contributed by atoms with Gasteiger partial charge in [-0.15, -0.1) is 0 Å². The van der Waals surface area contributed by atoms with Gasteiger partial charge in [0.15, 0.2) is 5.69 Å². The van der Waals surface area contributed by atoms with Gasteiger partial charge in [0.2, 0.25) is 10.0 Å². The molecule has 19 heavy (non-hydrogen) atoms. The normalized spacial score (nSPS) is 10.9. The second-order valence-corrected chi connectivity index (χ2v) is 5.22. The SMILES string of the molecule is N#Cc1ncccc1S(=O)(=O)NCc1ccncn1. The molecule has 0 amide bonds. The largest absolute Gasteiger partial charge is 0.245 e. The van der Waals surface area contributed by atoms with Gasteiger partial charge in [0.05, 0.1) is 12.2 Å². The zero-order chi connectivity index (χ0) is 13.7. The molecule has 0 unspecified atom stereocenters. The zero-order valence-corrected chi connectivity index (χ0v) is 10.5. The van der Waals surface area contributed by atoms with E-state index >= 15 is 0 Å². The van der Waals surface area contributed by atoms with Crippen LogP contribution in [0.25, 0.3) is 0 Å². The molecule has 7 nitrogen and oxygen atoms in total. The molecule has 0 aliphatic heterocycles. The minimum Gasteiger partial charge on any atom is -0.245 e. The molecule has 2 heterocycles. The highest BCUT2D eigenvalue weighted by atomic mass is 32.2. The lowest BCUT2D eigenvalue weighted by atomic mass is 10.4. The molecule has 2 rings (SSSR count). The fraction of sp³-hybridized carbons (Fsp3) is 0.0909. The van der Waals surface area contributed by atoms with Gasteiger partial charge in [0.1, 0.15) is 17.3 Å². The highest BCUT2D eigenvalue weighted by Crippen LogP contribution is 2.11. The van der Waals surface area contributed by atoms with E-state index < -0.39 is 10.0 Å². The quantitative estimate of drug-likeness (QED) is 0.855. The van der Waals surface area contributed by atoms with E-state index in [4.69, 9.17) is 5.26 Å². The van der Waals surface area contributed by atoms with Crippen molar-refractivity contribution in [2.45, 2.75) is 11.4 Å². The predicted octanol–water partition coefficient (Wildman–Crippen LogP) is 0.222. The van der Waals surface area contributed by atoms with Crippen LogP contribution in [0.5, 0.6) is 0 Å². The number of pyridine rings is 1. The Kier molecular flexibility index (Phi) is 3.79. The first kappa shape index (κ1) is 13.1. The van der Waals surface area contributed by atoms with Crippen LogP contribution in [-0.2, 0) is 16.6 Å². The van der Waals surface area contributed by atoms with Gasteiger partial charge in [-0.1, -0.05) is 0 Å². The molecular weight excluding hydrogens is 266 g/mol. The molecule has 0 fully saturated rings. The number of hydrogen-bond acceptors (Lipinski definition) is 6. The molecule has 0 spiro atoms. The Hall–Kier alpha value is -2.37. The Bertz CT molecular complexity index is 709. The molecule has 1 N–H and O–H groups in total. The van der Waals surface area contributed by atoms with Crippen molar-refractivity contribution in [3.05, 3.63) is 48.3 Å². The number of nitrogens with zero attached hydrogens (tertiary/aromatic N) is 4. The number of hydrogen-bond donors (Lipinski definition) is 1. The second-order valence-electron chi connectivity index (χ2n) is 3.49. The monoisotopic (exact) mass is 275 g/mol. The summed E-state index contributed by atoms with van der Waals surface area (Å²) in [5, 5.41) is 8.84. The fourth-order valence-corrected chi connectivity index (χ4v) is 2.46. The minimum absolute atomic E-state index is 0.0185. The van der Waals surface area contributed by atoms with Gasteiger partial charge in [-0.2, -0.15) is 5.26 Å². The van der Waals surface area contributed by atoms with Crippen LogP contribution < -0.4 is 4.72 Å². The fourth-order valence-electron chi connectivity index (χ4n) is 1.36. The van der Waals surface area contributed by atoms with Crippen molar-refractivity contribution in [1.82, 2.24) is 19.7 Å². The first-order valence-corrected chi connectivity index (χ1v) is 6.71. The Morgan fingerprint density at radius 2 is 2.11 bits per heavy atom. The molecule has 8 heteroatoms. The first-order chi connectivity index (χ1) is 9.13. The van der Waals surface area contributed by atoms with E-state index in [0.717, 1.165) is 0 Å². The third-order valence-corrected chi connectivity index (χ3v) is 3.69. The van der Waals surface area contributed by atoms with Crippen molar-refractivity contribution in [2.24, 2.45) is 0 Å². The van der Waals surface area contributed by atoms with E-state index in [-0.39, 0.29) is 17.1 Å². The third-order valence-electron chi connectivity index (χ3n) is 2.25. The average Bonchev–Trinajstić information content (AvgIpc) is 2.46. The van der Waals surface area contributed by atoms with E-state index in [9.17, 15) is 8.42 Å². The van der Waals surface area contributed by atoms with Crippen LogP contribution >= 0.6 is 0 Å². The van der Waals surface area contributed by atoms with Crippen LogP contribution in [0.3, 0.4) is 0 Å². The molecule has 96 valence electrons. The van der Waals surface area contributed by atoms with E-state index in [2.05, 4.69) is 19.7 Å². The molecule has 2 aromatic heterocycles. The van der Waals surface area contributed by atoms with E-state index in [1.807, 2.05) is 0 Å². The number of rotatable bonds is 4. The van der Waals surface area contributed by atoms with Gasteiger partial charge < -0.3 is 0 Å². The van der Waals surface area contributed by atoms with Crippen molar-refractivity contribution < 1.29 is 8.42 Å². The molecule has 0 saturated heterocycles. The Balaban J connectivity index is 2.22. The van der Waals surface area contributed by atoms with Crippen LogP contribution in [0.1, 0.15) is 11.4 Å². The van der Waals surface area contributed by atoms with Gasteiger partial charge in [0, 0.05) is 12.4 Å². The summed E-state index contributed by atoms with van der Waals surface area (Å²) in [6.45, 7) is 0.0185. The molecule has 0 radical (unpaired) electrons. The van der Waals surface area contributed by atoms with Crippen molar-refractivity contribution >= 4 is 10.0 Å². The smallest absolute Gasteiger partial charge is 0.243 e. The lowest BCUT2D eigenvalue weighted by Gasteiger charge is -2.06. The summed E-state index contributed by atoms with van der Waals surface area (Å²) in [6, 6.07) is 6.12. The molecule has 0 aliphatic carbocycles. The summed E-state index contributed by atoms with van der Waals surface area (Å²) in [6.07, 6.45) is 4.21. The van der Waals surface area contributed by atoms with E-state index in [1.54, 1.807) is 12.1 Å². The lowest BCUT2D eigenvalue weighted by Crippen LogP contribution is -2.24. The Morgan fingerprint density at radius 1 is 1.26 bits per heavy atom. The summed E-state index contributed by atoms with van der Waals surface area (Å²) in [7, 11) is -3.80. The highest BCUT2D eigenvalue weighted by Gasteiger charge is 2.18. The number of aromatic nitrogens is 3. The maximum atomic E-state index is 12.0. The van der Waals surface area contributed by atoms with Crippen LogP contribution in [0, 0.1) is 11.3 Å². The Labute approximate surface area is 110 Å². The summed E-state index contributed by atoms with van der Waals surface area (Å²) in [4.78, 5) is 11.2. The van der Waals surface area contributed by atoms with Crippen LogP contribution in [-0.4, -0.2) is 23.4 Å². The topological polar surface area (TPSA) is 109 Å². The third kappa shape index (κ3) is 3.09. The van der Waals surface area contributed by atoms with Crippen molar-refractivity contribution in [3.8, 4) is 6.07 Å². The molecule has 0 saturated carbocycles. The van der Waals surface area contributed by atoms with Crippen molar-refractivity contribution in [1.29, 1.82) is 5.26 Å². The zero-order valence-electron chi connectivity index (χ0n) is 9.68. The van der Waals surface area contributed by atoms with Gasteiger partial charge in [-0.3, -0.25) is 0 Å². The average molecular weight is 275 g/mol. The molecular formula is C11H9N5O2S. The standard InChI is InChI=1S/C11H9N5O2S/c12-6-10-11(2-1-4-14-10)19(17,18)16-7-9-3-5-13-8-15-9/h1-5,8,16H,7H2. The van der Waals surface area contributed by atoms with Crippen LogP contribution in [0.15, 0.2) is 41.8 Å². The minimum atomic E-state index is -3.80. The van der Waals surface area contributed by atoms with Gasteiger partial charge in [-0.25, -0.2) is 28.1 Å². The number of nitrogens with one attached hydrogen (secondary N) is 1. The molecule has 0 aliphatic rings. The summed E-state index contributed by atoms with van der Waals surface area (Å²) >= 11 is 0. The van der Waals surface area contributed by atoms with Crippen LogP contribution in [0.2, 0.25) is 0 Å². The maximum Gasteiger partial charge on any atom is 0.243 e. The Morgan fingerprint density at radius 3 is 2.79 bits per heavy atom. The predicted molar refractivity (Wildman–Crippen MR) is 65.0 cm³/mol. The van der Waals surface area contributed by atoms with Gasteiger partial charge >= 0.3 is 0 Å². The van der Waals surface area contributed by atoms with E-state index in [0.29, 0.717) is 5.69 Å². The molecule has 2 aromatic rings. The maximum absolute atomic E-state index is 12.0. The number of nitriles is 1. The van der Waals surface area contributed by atoms with E-state index in [1.165, 1.54) is 30.9 Å². The van der Waals surface area contributed by atoms with Crippen molar-refractivity contribution in [3.63, 3.8) is 0 Å².